The maximum atomic E-state index is 12.3. The average Bonchev–Trinajstić information content (AvgIpc) is 3.29. The molecule has 1 aliphatic rings. The number of aromatic nitrogens is 1. The molecule has 2 heterocycles. The van der Waals surface area contributed by atoms with Crippen LogP contribution < -0.4 is 23.7 Å². The highest BCUT2D eigenvalue weighted by Gasteiger charge is 2.17. The normalized spacial score (nSPS) is 12.8. The Labute approximate surface area is 164 Å². The van der Waals surface area contributed by atoms with Gasteiger partial charge in [-0.3, -0.25) is 4.79 Å². The van der Waals surface area contributed by atoms with Crippen LogP contribution in [0.3, 0.4) is 0 Å². The van der Waals surface area contributed by atoms with Crippen LogP contribution in [0.4, 0.5) is 0 Å². The number of rotatable bonds is 5. The molecule has 142 valence electrons. The molecule has 0 aliphatic carbocycles. The highest BCUT2D eigenvalue weighted by Crippen LogP contribution is 2.36. The van der Waals surface area contributed by atoms with E-state index in [1.54, 1.807) is 35.9 Å². The molecule has 3 aromatic rings. The van der Waals surface area contributed by atoms with Gasteiger partial charge in [-0.2, -0.15) is 4.99 Å². The van der Waals surface area contributed by atoms with Crippen molar-refractivity contribution < 1.29 is 23.7 Å². The van der Waals surface area contributed by atoms with Gasteiger partial charge in [0, 0.05) is 12.1 Å². The van der Waals surface area contributed by atoms with E-state index in [4.69, 9.17) is 25.4 Å². The van der Waals surface area contributed by atoms with Crippen LogP contribution >= 0.6 is 11.3 Å². The molecule has 8 heteroatoms. The molecule has 0 saturated carbocycles. The topological polar surface area (TPSA) is 71.3 Å². The lowest BCUT2D eigenvalue weighted by molar-refractivity contribution is -0.120. The third kappa shape index (κ3) is 3.52. The second kappa shape index (κ2) is 7.66. The standard InChI is InChI=1S/C20H16N2O5S/c1-3-8-22-15-9-16-17(27-12-26-16)10-18(15)28-20(22)21-19(23)11-25-14-6-4-13(24-2)5-7-14/h1,4-7,9-10H,8,11-12H2,2H3. The maximum Gasteiger partial charge on any atom is 0.286 e. The van der Waals surface area contributed by atoms with Gasteiger partial charge in [-0.05, 0) is 24.3 Å². The summed E-state index contributed by atoms with van der Waals surface area (Å²) in [7, 11) is 1.58. The molecule has 0 N–H and O–H groups in total. The lowest BCUT2D eigenvalue weighted by Crippen LogP contribution is -2.19. The minimum absolute atomic E-state index is 0.181. The van der Waals surface area contributed by atoms with Gasteiger partial charge in [0.1, 0.15) is 11.5 Å². The molecule has 0 unspecified atom stereocenters. The van der Waals surface area contributed by atoms with E-state index in [1.807, 2.05) is 12.1 Å². The maximum absolute atomic E-state index is 12.3. The number of nitrogens with zero attached hydrogens (tertiary/aromatic N) is 2. The van der Waals surface area contributed by atoms with Gasteiger partial charge < -0.3 is 23.5 Å². The number of methoxy groups -OCH3 is 1. The first kappa shape index (κ1) is 17.9. The summed E-state index contributed by atoms with van der Waals surface area (Å²) in [4.78, 5) is 17.0. The van der Waals surface area contributed by atoms with Crippen molar-refractivity contribution >= 4 is 27.5 Å². The van der Waals surface area contributed by atoms with Gasteiger partial charge in [0.05, 0.1) is 23.9 Å². The summed E-state index contributed by atoms with van der Waals surface area (Å²) in [6, 6.07) is 10.7. The van der Waals surface area contributed by atoms with Gasteiger partial charge in [0.25, 0.3) is 5.91 Å². The van der Waals surface area contributed by atoms with Crippen molar-refractivity contribution in [1.82, 2.24) is 4.57 Å². The third-order valence-electron chi connectivity index (χ3n) is 4.07. The molecule has 28 heavy (non-hydrogen) atoms. The van der Waals surface area contributed by atoms with Crippen LogP contribution in [0.2, 0.25) is 0 Å². The molecule has 2 aromatic carbocycles. The first-order valence-electron chi connectivity index (χ1n) is 8.39. The molecule has 7 nitrogen and oxygen atoms in total. The predicted octanol–water partition coefficient (Wildman–Crippen LogP) is 2.58. The minimum Gasteiger partial charge on any atom is -0.497 e. The van der Waals surface area contributed by atoms with Crippen LogP contribution in [0.25, 0.3) is 10.2 Å². The fourth-order valence-electron chi connectivity index (χ4n) is 2.75. The van der Waals surface area contributed by atoms with Crippen molar-refractivity contribution in [2.45, 2.75) is 6.54 Å². The Hall–Kier alpha value is -3.44. The van der Waals surface area contributed by atoms with E-state index in [0.717, 1.165) is 10.2 Å². The summed E-state index contributed by atoms with van der Waals surface area (Å²) < 4.78 is 24.1. The number of thiazole rings is 1. The number of carbonyl (C=O) groups excluding carboxylic acids is 1. The summed E-state index contributed by atoms with van der Waals surface area (Å²) in [6.07, 6.45) is 5.50. The highest BCUT2D eigenvalue weighted by molar-refractivity contribution is 7.16. The quantitative estimate of drug-likeness (QED) is 0.620. The van der Waals surface area contributed by atoms with Gasteiger partial charge in [-0.15, -0.1) is 6.42 Å². The number of terminal acetylenes is 1. The van der Waals surface area contributed by atoms with Gasteiger partial charge in [0.15, 0.2) is 22.9 Å². The summed E-state index contributed by atoms with van der Waals surface area (Å²) in [5.41, 5.74) is 0.842. The first-order valence-corrected chi connectivity index (χ1v) is 9.20. The van der Waals surface area contributed by atoms with Crippen LogP contribution in [0.15, 0.2) is 41.4 Å². The molecule has 1 amide bonds. The van der Waals surface area contributed by atoms with E-state index >= 15 is 0 Å². The molecule has 0 spiro atoms. The summed E-state index contributed by atoms with van der Waals surface area (Å²) in [5.74, 6) is 4.78. The van der Waals surface area contributed by atoms with Gasteiger partial charge >= 0.3 is 0 Å². The van der Waals surface area contributed by atoms with E-state index in [2.05, 4.69) is 10.9 Å². The van der Waals surface area contributed by atoms with Crippen LogP contribution in [-0.2, 0) is 11.3 Å². The van der Waals surface area contributed by atoms with Crippen molar-refractivity contribution in [3.8, 4) is 35.3 Å². The molecule has 0 radical (unpaired) electrons. The Bertz CT molecular complexity index is 1140. The van der Waals surface area contributed by atoms with Crippen molar-refractivity contribution in [2.24, 2.45) is 4.99 Å². The van der Waals surface area contributed by atoms with E-state index in [1.165, 1.54) is 11.3 Å². The first-order chi connectivity index (χ1) is 13.7. The zero-order valence-electron chi connectivity index (χ0n) is 15.0. The highest BCUT2D eigenvalue weighted by atomic mass is 32.1. The van der Waals surface area contributed by atoms with Crippen LogP contribution in [-0.4, -0.2) is 31.0 Å². The number of fused-ring (bicyclic) bond motifs is 2. The molecule has 0 saturated heterocycles. The monoisotopic (exact) mass is 396 g/mol. The van der Waals surface area contributed by atoms with Crippen LogP contribution in [0.1, 0.15) is 0 Å². The Morgan fingerprint density at radius 3 is 2.68 bits per heavy atom. The Balaban J connectivity index is 1.59. The van der Waals surface area contributed by atoms with Gasteiger partial charge in [0.2, 0.25) is 6.79 Å². The Kier molecular flexibility index (Phi) is 4.91. The molecule has 1 aliphatic heterocycles. The number of benzene rings is 2. The zero-order chi connectivity index (χ0) is 19.5. The Morgan fingerprint density at radius 1 is 1.25 bits per heavy atom. The van der Waals surface area contributed by atoms with Crippen LogP contribution in [0.5, 0.6) is 23.0 Å². The fourth-order valence-corrected chi connectivity index (χ4v) is 3.80. The number of amides is 1. The summed E-state index contributed by atoms with van der Waals surface area (Å²) >= 11 is 1.36. The lowest BCUT2D eigenvalue weighted by Gasteiger charge is -2.04. The minimum atomic E-state index is -0.409. The third-order valence-corrected chi connectivity index (χ3v) is 5.11. The van der Waals surface area contributed by atoms with E-state index in [0.29, 0.717) is 27.8 Å². The van der Waals surface area contributed by atoms with Gasteiger partial charge in [-0.1, -0.05) is 17.3 Å². The van der Waals surface area contributed by atoms with E-state index in [9.17, 15) is 4.79 Å². The van der Waals surface area contributed by atoms with Crippen molar-refractivity contribution in [2.75, 3.05) is 20.5 Å². The Morgan fingerprint density at radius 2 is 1.96 bits per heavy atom. The van der Waals surface area contributed by atoms with Crippen molar-refractivity contribution in [3.05, 3.63) is 41.2 Å². The SMILES string of the molecule is C#CCn1c(=NC(=O)COc2ccc(OC)cc2)sc2cc3c(cc21)OCO3. The zero-order valence-corrected chi connectivity index (χ0v) is 15.8. The molecule has 1 aromatic heterocycles. The largest absolute Gasteiger partial charge is 0.497 e. The summed E-state index contributed by atoms with van der Waals surface area (Å²) in [5, 5.41) is 0. The van der Waals surface area contributed by atoms with Crippen molar-refractivity contribution in [3.63, 3.8) is 0 Å². The molecule has 0 fully saturated rings. The molecular weight excluding hydrogens is 380 g/mol. The van der Waals surface area contributed by atoms with Crippen molar-refractivity contribution in [1.29, 1.82) is 0 Å². The summed E-state index contributed by atoms with van der Waals surface area (Å²) in [6.45, 7) is 0.296. The smallest absolute Gasteiger partial charge is 0.286 e. The molecule has 4 rings (SSSR count). The second-order valence-corrected chi connectivity index (χ2v) is 6.83. The average molecular weight is 396 g/mol. The van der Waals surface area contributed by atoms with E-state index < -0.39 is 5.91 Å². The number of hydrogen-bond donors (Lipinski definition) is 0. The molecule has 0 atom stereocenters. The number of carbonyl (C=O) groups is 1. The van der Waals surface area contributed by atoms with Gasteiger partial charge in [-0.25, -0.2) is 0 Å². The number of hydrogen-bond acceptors (Lipinski definition) is 6. The number of ether oxygens (including phenoxy) is 4. The second-order valence-electron chi connectivity index (χ2n) is 5.82. The van der Waals surface area contributed by atoms with E-state index in [-0.39, 0.29) is 19.9 Å². The molecular formula is C20H16N2O5S. The fraction of sp³-hybridized carbons (Fsp3) is 0.200. The lowest BCUT2D eigenvalue weighted by atomic mass is 10.3. The van der Waals surface area contributed by atoms with Crippen LogP contribution in [0, 0.1) is 12.3 Å². The predicted molar refractivity (Wildman–Crippen MR) is 104 cm³/mol. The molecule has 0 bridgehead atoms.